The lowest BCUT2D eigenvalue weighted by atomic mass is 10.1. The van der Waals surface area contributed by atoms with Gasteiger partial charge in [0.05, 0.1) is 11.0 Å². The Bertz CT molecular complexity index is 1250. The smallest absolute Gasteiger partial charge is 0.160 e. The molecule has 0 aliphatic rings. The third-order valence-corrected chi connectivity index (χ3v) is 4.82. The minimum absolute atomic E-state index is 0.769. The van der Waals surface area contributed by atoms with Crippen molar-refractivity contribution in [2.75, 3.05) is 0 Å². The lowest BCUT2D eigenvalue weighted by Gasteiger charge is -2.10. The molecule has 0 fully saturated rings. The van der Waals surface area contributed by atoms with Crippen LogP contribution in [0.3, 0.4) is 0 Å². The van der Waals surface area contributed by atoms with Crippen molar-refractivity contribution in [3.05, 3.63) is 90.8 Å². The molecule has 0 saturated carbocycles. The number of rotatable bonds is 2. The van der Waals surface area contributed by atoms with E-state index in [1.165, 1.54) is 10.9 Å². The van der Waals surface area contributed by atoms with Gasteiger partial charge in [-0.3, -0.25) is 0 Å². The van der Waals surface area contributed by atoms with Gasteiger partial charge in [0.1, 0.15) is 0 Å². The van der Waals surface area contributed by atoms with Crippen LogP contribution >= 0.6 is 0 Å². The first kappa shape index (κ1) is 14.8. The first-order valence-corrected chi connectivity index (χ1v) is 8.69. The van der Waals surface area contributed by atoms with Gasteiger partial charge in [-0.2, -0.15) is 0 Å². The van der Waals surface area contributed by atoms with E-state index in [1.807, 2.05) is 30.5 Å². The molecule has 3 heteroatoms. The van der Waals surface area contributed by atoms with Crippen molar-refractivity contribution in [1.82, 2.24) is 14.5 Å². The lowest BCUT2D eigenvalue weighted by Crippen LogP contribution is -1.96. The molecule has 0 atom stereocenters. The maximum absolute atomic E-state index is 4.73. The Balaban J connectivity index is 1.61. The summed E-state index contributed by atoms with van der Waals surface area (Å²) >= 11 is 0. The zero-order chi connectivity index (χ0) is 17.5. The van der Waals surface area contributed by atoms with E-state index in [2.05, 4.69) is 71.2 Å². The summed E-state index contributed by atoms with van der Waals surface area (Å²) in [4.78, 5) is 9.29. The standard InChI is InChI=1S/C23H17N3/c1-16-14-19(26-13-12-17-6-3-5-9-22(17)26)10-11-20(16)23-24-15-18-7-2-4-8-21(18)25-23/h2-15H,1H3. The van der Waals surface area contributed by atoms with Crippen LogP contribution in [0.2, 0.25) is 0 Å². The zero-order valence-corrected chi connectivity index (χ0v) is 14.4. The van der Waals surface area contributed by atoms with E-state index in [9.17, 15) is 0 Å². The van der Waals surface area contributed by atoms with Gasteiger partial charge in [0.25, 0.3) is 0 Å². The number of aryl methyl sites for hydroxylation is 1. The van der Waals surface area contributed by atoms with E-state index in [0.717, 1.165) is 33.5 Å². The predicted molar refractivity (Wildman–Crippen MR) is 107 cm³/mol. The van der Waals surface area contributed by atoms with Gasteiger partial charge in [0.2, 0.25) is 0 Å². The predicted octanol–water partition coefficient (Wildman–Crippen LogP) is 5.55. The molecule has 5 rings (SSSR count). The second-order valence-corrected chi connectivity index (χ2v) is 6.50. The summed E-state index contributed by atoms with van der Waals surface area (Å²) in [5.41, 5.74) is 5.55. The van der Waals surface area contributed by atoms with E-state index in [-0.39, 0.29) is 0 Å². The summed E-state index contributed by atoms with van der Waals surface area (Å²) in [6.07, 6.45) is 4.01. The van der Waals surface area contributed by atoms with Gasteiger partial charge in [0.15, 0.2) is 5.82 Å². The van der Waals surface area contributed by atoms with Crippen molar-refractivity contribution >= 4 is 21.8 Å². The van der Waals surface area contributed by atoms with Crippen LogP contribution in [0.15, 0.2) is 85.2 Å². The van der Waals surface area contributed by atoms with Crippen molar-refractivity contribution in [3.63, 3.8) is 0 Å². The number of nitrogens with zero attached hydrogens (tertiary/aromatic N) is 3. The molecular weight excluding hydrogens is 318 g/mol. The first-order chi connectivity index (χ1) is 12.8. The van der Waals surface area contributed by atoms with Gasteiger partial charge in [-0.15, -0.1) is 0 Å². The zero-order valence-electron chi connectivity index (χ0n) is 14.4. The molecular formula is C23H17N3. The highest BCUT2D eigenvalue weighted by Gasteiger charge is 2.09. The average Bonchev–Trinajstić information content (AvgIpc) is 3.12. The summed E-state index contributed by atoms with van der Waals surface area (Å²) in [6.45, 7) is 2.11. The molecule has 2 heterocycles. The van der Waals surface area contributed by atoms with E-state index >= 15 is 0 Å². The molecule has 0 unspecified atom stereocenters. The van der Waals surface area contributed by atoms with Gasteiger partial charge in [-0.05, 0) is 54.3 Å². The van der Waals surface area contributed by atoms with Crippen LogP contribution in [0.1, 0.15) is 5.56 Å². The Kier molecular flexibility index (Phi) is 3.32. The van der Waals surface area contributed by atoms with Gasteiger partial charge in [-0.25, -0.2) is 9.97 Å². The van der Waals surface area contributed by atoms with Crippen molar-refractivity contribution in [2.24, 2.45) is 0 Å². The van der Waals surface area contributed by atoms with Gasteiger partial charge in [0, 0.05) is 29.0 Å². The van der Waals surface area contributed by atoms with Crippen molar-refractivity contribution < 1.29 is 0 Å². The van der Waals surface area contributed by atoms with Gasteiger partial charge >= 0.3 is 0 Å². The Morgan fingerprint density at radius 3 is 2.50 bits per heavy atom. The second-order valence-electron chi connectivity index (χ2n) is 6.50. The van der Waals surface area contributed by atoms with E-state index < -0.39 is 0 Å². The van der Waals surface area contributed by atoms with Gasteiger partial charge in [-0.1, -0.05) is 36.4 Å². The fourth-order valence-corrected chi connectivity index (χ4v) is 3.46. The van der Waals surface area contributed by atoms with Crippen molar-refractivity contribution in [2.45, 2.75) is 6.92 Å². The summed E-state index contributed by atoms with van der Waals surface area (Å²) in [5, 5.41) is 2.30. The maximum Gasteiger partial charge on any atom is 0.160 e. The number of para-hydroxylation sites is 2. The van der Waals surface area contributed by atoms with Crippen LogP contribution in [-0.2, 0) is 0 Å². The summed E-state index contributed by atoms with van der Waals surface area (Å²) in [5.74, 6) is 0.769. The minimum Gasteiger partial charge on any atom is -0.317 e. The molecule has 124 valence electrons. The minimum atomic E-state index is 0.769. The molecule has 0 spiro atoms. The normalized spacial score (nSPS) is 11.3. The fourth-order valence-electron chi connectivity index (χ4n) is 3.46. The average molecular weight is 335 g/mol. The van der Waals surface area contributed by atoms with Gasteiger partial charge < -0.3 is 4.57 Å². The van der Waals surface area contributed by atoms with Crippen LogP contribution < -0.4 is 0 Å². The van der Waals surface area contributed by atoms with Crippen LogP contribution in [0, 0.1) is 6.92 Å². The molecule has 0 bridgehead atoms. The molecule has 0 N–H and O–H groups in total. The lowest BCUT2D eigenvalue weighted by molar-refractivity contribution is 1.12. The Morgan fingerprint density at radius 2 is 1.62 bits per heavy atom. The number of hydrogen-bond acceptors (Lipinski definition) is 2. The Morgan fingerprint density at radius 1 is 0.808 bits per heavy atom. The molecule has 3 aromatic carbocycles. The third-order valence-electron chi connectivity index (χ3n) is 4.82. The van der Waals surface area contributed by atoms with Crippen LogP contribution in [0.5, 0.6) is 0 Å². The van der Waals surface area contributed by atoms with E-state index in [4.69, 9.17) is 4.98 Å². The summed E-state index contributed by atoms with van der Waals surface area (Å²) in [7, 11) is 0. The monoisotopic (exact) mass is 335 g/mol. The largest absolute Gasteiger partial charge is 0.317 e. The van der Waals surface area contributed by atoms with E-state index in [0.29, 0.717) is 0 Å². The first-order valence-electron chi connectivity index (χ1n) is 8.69. The molecule has 0 radical (unpaired) electrons. The molecule has 26 heavy (non-hydrogen) atoms. The molecule has 5 aromatic rings. The number of benzene rings is 3. The third kappa shape index (κ3) is 2.37. The molecule has 0 amide bonds. The fraction of sp³-hybridized carbons (Fsp3) is 0.0435. The second kappa shape index (κ2) is 5.81. The summed E-state index contributed by atoms with van der Waals surface area (Å²) in [6, 6.07) is 25.1. The highest BCUT2D eigenvalue weighted by Crippen LogP contribution is 2.26. The molecule has 0 aliphatic carbocycles. The summed E-state index contributed by atoms with van der Waals surface area (Å²) < 4.78 is 2.22. The van der Waals surface area contributed by atoms with Crippen LogP contribution in [0.25, 0.3) is 38.9 Å². The van der Waals surface area contributed by atoms with Crippen molar-refractivity contribution in [1.29, 1.82) is 0 Å². The van der Waals surface area contributed by atoms with Crippen LogP contribution in [-0.4, -0.2) is 14.5 Å². The molecule has 0 saturated heterocycles. The topological polar surface area (TPSA) is 30.7 Å². The van der Waals surface area contributed by atoms with E-state index in [1.54, 1.807) is 0 Å². The molecule has 3 nitrogen and oxygen atoms in total. The maximum atomic E-state index is 4.73. The highest BCUT2D eigenvalue weighted by atomic mass is 15.0. The van der Waals surface area contributed by atoms with Crippen molar-refractivity contribution in [3.8, 4) is 17.1 Å². The number of fused-ring (bicyclic) bond motifs is 2. The highest BCUT2D eigenvalue weighted by molar-refractivity contribution is 5.82. The SMILES string of the molecule is Cc1cc(-n2ccc3ccccc32)ccc1-c1ncc2ccccc2n1. The molecule has 2 aromatic heterocycles. The number of hydrogen-bond donors (Lipinski definition) is 0. The molecule has 0 aliphatic heterocycles. The Labute approximate surface area is 151 Å². The quantitative estimate of drug-likeness (QED) is 0.423. The Hall–Kier alpha value is -3.46. The van der Waals surface area contributed by atoms with Crippen LogP contribution in [0.4, 0.5) is 0 Å². The number of aromatic nitrogens is 3.